The molecule has 0 aliphatic carbocycles. The van der Waals surface area contributed by atoms with Crippen LogP contribution in [0.4, 0.5) is 0 Å². The van der Waals surface area contributed by atoms with Gasteiger partial charge in [0.15, 0.2) is 0 Å². The third-order valence-electron chi connectivity index (χ3n) is 5.01. The number of benzene rings is 1. The molecule has 1 saturated heterocycles. The van der Waals surface area contributed by atoms with Gasteiger partial charge in [0.05, 0.1) is 0 Å². The highest BCUT2D eigenvalue weighted by Crippen LogP contribution is 2.30. The first-order chi connectivity index (χ1) is 10.1. The van der Waals surface area contributed by atoms with Crippen molar-refractivity contribution in [3.63, 3.8) is 0 Å². The van der Waals surface area contributed by atoms with E-state index in [4.69, 9.17) is 4.74 Å². The quantitative estimate of drug-likeness (QED) is 0.925. The topological polar surface area (TPSA) is 24.5 Å². The normalized spacial score (nSPS) is 22.1. The summed E-state index contributed by atoms with van der Waals surface area (Å²) in [5.41, 5.74) is 2.87. The van der Waals surface area contributed by atoms with E-state index in [2.05, 4.69) is 49.2 Å². The molecule has 1 aromatic rings. The van der Waals surface area contributed by atoms with Gasteiger partial charge in [0, 0.05) is 25.7 Å². The second kappa shape index (κ2) is 5.98. The summed E-state index contributed by atoms with van der Waals surface area (Å²) >= 11 is 0. The minimum absolute atomic E-state index is 0.0122. The summed E-state index contributed by atoms with van der Waals surface area (Å²) in [4.78, 5) is 2.54. The maximum absolute atomic E-state index is 6.38. The van der Waals surface area contributed by atoms with Crippen molar-refractivity contribution in [2.75, 3.05) is 19.6 Å². The molecule has 3 nitrogen and oxygen atoms in total. The predicted molar refractivity (Wildman–Crippen MR) is 86.8 cm³/mol. The molecule has 21 heavy (non-hydrogen) atoms. The van der Waals surface area contributed by atoms with Gasteiger partial charge in [-0.25, -0.2) is 0 Å². The van der Waals surface area contributed by atoms with E-state index in [1.165, 1.54) is 11.1 Å². The van der Waals surface area contributed by atoms with Crippen molar-refractivity contribution >= 4 is 0 Å². The second-order valence-electron chi connectivity index (χ2n) is 7.04. The van der Waals surface area contributed by atoms with E-state index < -0.39 is 0 Å². The maximum Gasteiger partial charge on any atom is 0.120 e. The third kappa shape index (κ3) is 3.41. The lowest BCUT2D eigenvalue weighted by Gasteiger charge is -2.41. The Bertz CT molecular complexity index is 490. The zero-order valence-electron chi connectivity index (χ0n) is 13.6. The zero-order chi connectivity index (χ0) is 14.9. The van der Waals surface area contributed by atoms with Crippen LogP contribution in [0, 0.1) is 0 Å². The molecule has 0 unspecified atom stereocenters. The Kier molecular flexibility index (Phi) is 4.23. The lowest BCUT2D eigenvalue weighted by Crippen LogP contribution is -2.48. The molecule has 0 saturated carbocycles. The maximum atomic E-state index is 6.38. The van der Waals surface area contributed by atoms with Crippen LogP contribution in [0.1, 0.15) is 44.7 Å². The first-order valence-electron chi connectivity index (χ1n) is 8.31. The molecule has 0 aromatic heterocycles. The lowest BCUT2D eigenvalue weighted by molar-refractivity contribution is 0.00793. The van der Waals surface area contributed by atoms with Gasteiger partial charge in [0.2, 0.25) is 0 Å². The fourth-order valence-corrected chi connectivity index (χ4v) is 3.42. The molecule has 3 heteroatoms. The van der Waals surface area contributed by atoms with E-state index in [1.807, 2.05) is 0 Å². The summed E-state index contributed by atoms with van der Waals surface area (Å²) in [6, 6.07) is 7.29. The van der Waals surface area contributed by atoms with Crippen LogP contribution in [0.25, 0.3) is 0 Å². The van der Waals surface area contributed by atoms with Crippen LogP contribution < -0.4 is 10.1 Å². The van der Waals surface area contributed by atoms with Gasteiger partial charge in [-0.15, -0.1) is 0 Å². The Labute approximate surface area is 128 Å². The Hall–Kier alpha value is -1.06. The van der Waals surface area contributed by atoms with Crippen LogP contribution in [0.2, 0.25) is 0 Å². The molecule has 2 aliphatic heterocycles. The lowest BCUT2D eigenvalue weighted by atomic mass is 9.92. The van der Waals surface area contributed by atoms with Crippen LogP contribution >= 0.6 is 0 Å². The van der Waals surface area contributed by atoms with Crippen molar-refractivity contribution in [3.8, 4) is 5.75 Å². The van der Waals surface area contributed by atoms with Gasteiger partial charge in [0.25, 0.3) is 0 Å². The molecule has 0 radical (unpaired) electrons. The fourth-order valence-electron chi connectivity index (χ4n) is 3.42. The average Bonchev–Trinajstić information content (AvgIpc) is 2.47. The van der Waals surface area contributed by atoms with E-state index in [0.717, 1.165) is 51.2 Å². The molecule has 0 amide bonds. The van der Waals surface area contributed by atoms with Gasteiger partial charge in [-0.1, -0.05) is 6.07 Å². The molecule has 3 rings (SSSR count). The Morgan fingerprint density at radius 1 is 1.19 bits per heavy atom. The molecule has 116 valence electrons. The van der Waals surface area contributed by atoms with Gasteiger partial charge >= 0.3 is 0 Å². The van der Waals surface area contributed by atoms with Crippen molar-refractivity contribution in [2.45, 2.75) is 58.2 Å². The molecule has 1 fully saturated rings. The summed E-state index contributed by atoms with van der Waals surface area (Å²) in [7, 11) is 0. The second-order valence-corrected chi connectivity index (χ2v) is 7.04. The van der Waals surface area contributed by atoms with Crippen LogP contribution in [0.5, 0.6) is 5.75 Å². The molecule has 0 bridgehead atoms. The van der Waals surface area contributed by atoms with Gasteiger partial charge in [-0.2, -0.15) is 0 Å². The number of likely N-dealkylation sites (tertiary alicyclic amines) is 1. The zero-order valence-corrected chi connectivity index (χ0v) is 13.6. The number of fused-ring (bicyclic) bond motifs is 1. The largest absolute Gasteiger partial charge is 0.487 e. The first kappa shape index (κ1) is 14.9. The molecule has 0 spiro atoms. The summed E-state index contributed by atoms with van der Waals surface area (Å²) in [5.74, 6) is 1.04. The number of rotatable bonds is 3. The van der Waals surface area contributed by atoms with E-state index in [0.29, 0.717) is 6.04 Å². The average molecular weight is 288 g/mol. The predicted octanol–water partition coefficient (Wildman–Crippen LogP) is 2.97. The third-order valence-corrected chi connectivity index (χ3v) is 5.01. The van der Waals surface area contributed by atoms with Crippen LogP contribution in [-0.4, -0.2) is 36.2 Å². The number of piperidine rings is 1. The van der Waals surface area contributed by atoms with Crippen LogP contribution in [0.3, 0.4) is 0 Å². The fraction of sp³-hybridized carbons (Fsp3) is 0.667. The van der Waals surface area contributed by atoms with E-state index in [1.54, 1.807) is 0 Å². The van der Waals surface area contributed by atoms with Crippen LogP contribution in [0.15, 0.2) is 18.2 Å². The summed E-state index contributed by atoms with van der Waals surface area (Å²) in [6.45, 7) is 11.2. The van der Waals surface area contributed by atoms with E-state index in [-0.39, 0.29) is 5.60 Å². The molecule has 1 aromatic carbocycles. The Morgan fingerprint density at radius 2 is 1.95 bits per heavy atom. The molecule has 1 N–H and O–H groups in total. The van der Waals surface area contributed by atoms with Crippen molar-refractivity contribution in [2.24, 2.45) is 0 Å². The molecule has 0 atom stereocenters. The smallest absolute Gasteiger partial charge is 0.120 e. The molecular weight excluding hydrogens is 260 g/mol. The molecule has 2 heterocycles. The van der Waals surface area contributed by atoms with E-state index >= 15 is 0 Å². The number of hydrogen-bond acceptors (Lipinski definition) is 3. The monoisotopic (exact) mass is 288 g/mol. The molecule has 2 aliphatic rings. The summed E-state index contributed by atoms with van der Waals surface area (Å²) in [6.07, 6.45) is 3.36. The van der Waals surface area contributed by atoms with Gasteiger partial charge in [0.1, 0.15) is 11.4 Å². The number of nitrogens with zero attached hydrogens (tertiary/aromatic N) is 1. The number of nitrogens with one attached hydrogen (secondary N) is 1. The molecular formula is C18H28N2O. The Balaban J connectivity index is 1.66. The number of ether oxygens (including phenoxy) is 1. The van der Waals surface area contributed by atoms with Gasteiger partial charge in [-0.3, -0.25) is 0 Å². The summed E-state index contributed by atoms with van der Waals surface area (Å²) in [5, 5.41) is 3.44. The van der Waals surface area contributed by atoms with Crippen molar-refractivity contribution in [3.05, 3.63) is 29.3 Å². The highest BCUT2D eigenvalue weighted by molar-refractivity contribution is 5.37. The standard InChI is InChI=1S/C18H28N2O/c1-14(2)20-10-7-18(3,8-11-20)21-17-5-4-15-6-9-19-13-16(15)12-17/h4-5,12,14,19H,6-11,13H2,1-3H3. The summed E-state index contributed by atoms with van der Waals surface area (Å²) < 4.78 is 6.38. The van der Waals surface area contributed by atoms with Crippen molar-refractivity contribution in [1.82, 2.24) is 10.2 Å². The van der Waals surface area contributed by atoms with Gasteiger partial charge < -0.3 is 15.0 Å². The number of hydrogen-bond donors (Lipinski definition) is 1. The first-order valence-corrected chi connectivity index (χ1v) is 8.31. The van der Waals surface area contributed by atoms with Crippen LogP contribution in [-0.2, 0) is 13.0 Å². The SMILES string of the molecule is CC(C)N1CCC(C)(Oc2ccc3c(c2)CNCC3)CC1. The van der Waals surface area contributed by atoms with Crippen molar-refractivity contribution in [1.29, 1.82) is 0 Å². The Morgan fingerprint density at radius 3 is 2.67 bits per heavy atom. The minimum atomic E-state index is -0.0122. The minimum Gasteiger partial charge on any atom is -0.487 e. The van der Waals surface area contributed by atoms with Gasteiger partial charge in [-0.05, 0) is 69.8 Å². The highest BCUT2D eigenvalue weighted by Gasteiger charge is 2.32. The van der Waals surface area contributed by atoms with Crippen molar-refractivity contribution < 1.29 is 4.74 Å². The highest BCUT2D eigenvalue weighted by atomic mass is 16.5. The van der Waals surface area contributed by atoms with E-state index in [9.17, 15) is 0 Å².